The van der Waals surface area contributed by atoms with Crippen LogP contribution in [-0.4, -0.2) is 4.99 Å². The van der Waals surface area contributed by atoms with E-state index in [9.17, 15) is 0 Å². The molecule has 1 aromatic rings. The maximum atomic E-state index is 5.58. The minimum Gasteiger partial charge on any atom is -0.393 e. The molecule has 0 saturated carbocycles. The number of thiocarbonyl (C=S) groups is 1. The van der Waals surface area contributed by atoms with Gasteiger partial charge in [-0.1, -0.05) is 26.1 Å². The van der Waals surface area contributed by atoms with Crippen LogP contribution in [0.3, 0.4) is 0 Å². The normalized spacial score (nSPS) is 15.5. The van der Waals surface area contributed by atoms with Crippen LogP contribution >= 0.6 is 23.6 Å². The van der Waals surface area contributed by atoms with Crippen LogP contribution in [0.2, 0.25) is 0 Å². The lowest BCUT2D eigenvalue weighted by Gasteiger charge is -2.17. The largest absolute Gasteiger partial charge is 0.393 e. The van der Waals surface area contributed by atoms with Gasteiger partial charge in [0.1, 0.15) is 0 Å². The number of hydrogen-bond donors (Lipinski definition) is 1. The molecule has 0 amide bonds. The lowest BCUT2D eigenvalue weighted by molar-refractivity contribution is 0.628. The molecular formula is C9H13NS2. The Kier molecular flexibility index (Phi) is 3.23. The zero-order valence-electron chi connectivity index (χ0n) is 7.28. The topological polar surface area (TPSA) is 26.0 Å². The Labute approximate surface area is 82.6 Å². The Morgan fingerprint density at radius 2 is 2.25 bits per heavy atom. The summed E-state index contributed by atoms with van der Waals surface area (Å²) in [5.74, 6) is 0.725. The van der Waals surface area contributed by atoms with Crippen molar-refractivity contribution in [3.63, 3.8) is 0 Å². The van der Waals surface area contributed by atoms with Crippen LogP contribution in [0.5, 0.6) is 0 Å². The summed E-state index contributed by atoms with van der Waals surface area (Å²) < 4.78 is 0. The van der Waals surface area contributed by atoms with E-state index in [0.29, 0.717) is 10.9 Å². The molecule has 0 saturated heterocycles. The third-order valence-electron chi connectivity index (χ3n) is 2.27. The molecule has 1 nitrogen and oxygen atoms in total. The summed E-state index contributed by atoms with van der Waals surface area (Å²) in [6, 6.07) is 2.13. The minimum atomic E-state index is 0.287. The van der Waals surface area contributed by atoms with Gasteiger partial charge in [0.05, 0.1) is 4.99 Å². The van der Waals surface area contributed by atoms with E-state index in [-0.39, 0.29) is 5.92 Å². The molecule has 2 N–H and O–H groups in total. The van der Waals surface area contributed by atoms with E-state index in [0.717, 1.165) is 0 Å². The highest BCUT2D eigenvalue weighted by Gasteiger charge is 2.16. The van der Waals surface area contributed by atoms with Gasteiger partial charge in [0.25, 0.3) is 0 Å². The quantitative estimate of drug-likeness (QED) is 0.758. The fourth-order valence-electron chi connectivity index (χ4n) is 1.07. The SMILES string of the molecule is CC(C(N)=S)C(C)c1ccsc1. The highest BCUT2D eigenvalue weighted by Crippen LogP contribution is 2.25. The smallest absolute Gasteiger partial charge is 0.0761 e. The first kappa shape index (κ1) is 9.68. The van der Waals surface area contributed by atoms with Crippen molar-refractivity contribution < 1.29 is 0 Å². The van der Waals surface area contributed by atoms with E-state index in [1.807, 2.05) is 0 Å². The second-order valence-electron chi connectivity index (χ2n) is 3.04. The first-order valence-corrected chi connectivity index (χ1v) is 5.29. The van der Waals surface area contributed by atoms with Crippen LogP contribution in [0.1, 0.15) is 25.3 Å². The standard InChI is InChI=1S/C9H13NS2/c1-6(7(2)9(10)11)8-3-4-12-5-8/h3-7H,1-2H3,(H2,10,11). The molecule has 12 heavy (non-hydrogen) atoms. The number of rotatable bonds is 3. The van der Waals surface area contributed by atoms with Crippen molar-refractivity contribution in [3.05, 3.63) is 22.4 Å². The predicted molar refractivity (Wildman–Crippen MR) is 58.7 cm³/mol. The van der Waals surface area contributed by atoms with Crippen LogP contribution in [0.25, 0.3) is 0 Å². The van der Waals surface area contributed by atoms with Crippen molar-refractivity contribution in [1.29, 1.82) is 0 Å². The van der Waals surface area contributed by atoms with Gasteiger partial charge < -0.3 is 5.73 Å². The molecule has 66 valence electrons. The Balaban J connectivity index is 2.71. The Morgan fingerprint density at radius 3 is 2.67 bits per heavy atom. The van der Waals surface area contributed by atoms with Crippen LogP contribution < -0.4 is 5.73 Å². The average Bonchev–Trinajstić information content (AvgIpc) is 2.53. The van der Waals surface area contributed by atoms with E-state index < -0.39 is 0 Å². The number of nitrogens with two attached hydrogens (primary N) is 1. The second kappa shape index (κ2) is 4.01. The lowest BCUT2D eigenvalue weighted by Crippen LogP contribution is -2.22. The van der Waals surface area contributed by atoms with E-state index in [4.69, 9.17) is 18.0 Å². The van der Waals surface area contributed by atoms with Gasteiger partial charge in [0.2, 0.25) is 0 Å². The fraction of sp³-hybridized carbons (Fsp3) is 0.444. The summed E-state index contributed by atoms with van der Waals surface area (Å²) in [7, 11) is 0. The van der Waals surface area contributed by atoms with Crippen LogP contribution in [0.15, 0.2) is 16.8 Å². The zero-order valence-corrected chi connectivity index (χ0v) is 8.91. The first-order chi connectivity index (χ1) is 5.63. The molecule has 0 bridgehead atoms. The molecule has 2 unspecified atom stereocenters. The highest BCUT2D eigenvalue weighted by molar-refractivity contribution is 7.80. The predicted octanol–water partition coefficient (Wildman–Crippen LogP) is 2.77. The third kappa shape index (κ3) is 2.05. The van der Waals surface area contributed by atoms with E-state index in [2.05, 4.69) is 30.7 Å². The molecule has 0 aliphatic rings. The zero-order chi connectivity index (χ0) is 9.14. The van der Waals surface area contributed by atoms with Gasteiger partial charge in [0.15, 0.2) is 0 Å². The molecule has 0 aromatic carbocycles. The summed E-state index contributed by atoms with van der Waals surface area (Å²) in [5, 5.41) is 4.23. The third-order valence-corrected chi connectivity index (χ3v) is 3.34. The maximum absolute atomic E-state index is 5.58. The van der Waals surface area contributed by atoms with Crippen LogP contribution in [0.4, 0.5) is 0 Å². The van der Waals surface area contributed by atoms with E-state index in [1.165, 1.54) is 5.56 Å². The van der Waals surface area contributed by atoms with Gasteiger partial charge in [-0.05, 0) is 28.3 Å². The second-order valence-corrected chi connectivity index (χ2v) is 4.29. The van der Waals surface area contributed by atoms with Gasteiger partial charge in [-0.2, -0.15) is 11.3 Å². The monoisotopic (exact) mass is 199 g/mol. The summed E-state index contributed by atoms with van der Waals surface area (Å²) in [6.07, 6.45) is 0. The van der Waals surface area contributed by atoms with Gasteiger partial charge in [-0.25, -0.2) is 0 Å². The molecule has 0 fully saturated rings. The molecule has 1 aromatic heterocycles. The van der Waals surface area contributed by atoms with Crippen LogP contribution in [0, 0.1) is 5.92 Å². The minimum absolute atomic E-state index is 0.287. The van der Waals surface area contributed by atoms with Gasteiger partial charge in [-0.3, -0.25) is 0 Å². The van der Waals surface area contributed by atoms with Crippen LogP contribution in [-0.2, 0) is 0 Å². The first-order valence-electron chi connectivity index (χ1n) is 3.94. The molecule has 1 rings (SSSR count). The summed E-state index contributed by atoms with van der Waals surface area (Å²) in [4.78, 5) is 0.605. The molecule has 2 atom stereocenters. The van der Waals surface area contributed by atoms with E-state index >= 15 is 0 Å². The van der Waals surface area contributed by atoms with Crippen molar-refractivity contribution in [2.75, 3.05) is 0 Å². The van der Waals surface area contributed by atoms with E-state index in [1.54, 1.807) is 11.3 Å². The molecule has 0 aliphatic carbocycles. The molecule has 0 spiro atoms. The van der Waals surface area contributed by atoms with Gasteiger partial charge >= 0.3 is 0 Å². The molecule has 3 heteroatoms. The van der Waals surface area contributed by atoms with Crippen molar-refractivity contribution in [3.8, 4) is 0 Å². The van der Waals surface area contributed by atoms with Crippen molar-refractivity contribution in [2.24, 2.45) is 11.7 Å². The van der Waals surface area contributed by atoms with Crippen molar-refractivity contribution >= 4 is 28.5 Å². The Hall–Kier alpha value is -0.410. The average molecular weight is 199 g/mol. The lowest BCUT2D eigenvalue weighted by atomic mass is 9.91. The molecule has 1 heterocycles. The summed E-state index contributed by atoms with van der Waals surface area (Å²) in [6.45, 7) is 4.23. The molecule has 0 radical (unpaired) electrons. The molecule has 0 aliphatic heterocycles. The molecular weight excluding hydrogens is 186 g/mol. The summed E-state index contributed by atoms with van der Waals surface area (Å²) in [5.41, 5.74) is 6.91. The number of hydrogen-bond acceptors (Lipinski definition) is 2. The van der Waals surface area contributed by atoms with Crippen molar-refractivity contribution in [1.82, 2.24) is 0 Å². The number of thiophene rings is 1. The Bertz CT molecular complexity index is 254. The van der Waals surface area contributed by atoms with Gasteiger partial charge in [0, 0.05) is 5.92 Å². The fourth-order valence-corrected chi connectivity index (χ4v) is 2.04. The highest BCUT2D eigenvalue weighted by atomic mass is 32.1. The van der Waals surface area contributed by atoms with Gasteiger partial charge in [-0.15, -0.1) is 0 Å². The Morgan fingerprint density at radius 1 is 1.58 bits per heavy atom. The van der Waals surface area contributed by atoms with Crippen molar-refractivity contribution in [2.45, 2.75) is 19.8 Å². The summed E-state index contributed by atoms with van der Waals surface area (Å²) >= 11 is 6.66. The maximum Gasteiger partial charge on any atom is 0.0761 e.